The van der Waals surface area contributed by atoms with E-state index in [0.717, 1.165) is 0 Å². The number of ether oxygens (including phenoxy) is 2. The van der Waals surface area contributed by atoms with Crippen molar-refractivity contribution >= 4 is 23.5 Å². The van der Waals surface area contributed by atoms with Crippen LogP contribution < -0.4 is 10.1 Å². The molecule has 9 heteroatoms. The molecule has 2 heterocycles. The average molecular weight is 322 g/mol. The molecule has 2 aromatic rings. The molecule has 2 rings (SSSR count). The molecule has 0 unspecified atom stereocenters. The second-order valence-corrected chi connectivity index (χ2v) is 5.86. The first-order chi connectivity index (χ1) is 10.6. The maximum Gasteiger partial charge on any atom is 0.413 e. The molecule has 0 aromatic carbocycles. The molecule has 0 aliphatic carbocycles. The van der Waals surface area contributed by atoms with Crippen LogP contribution in [0.15, 0.2) is 6.20 Å². The van der Waals surface area contributed by atoms with Crippen molar-refractivity contribution in [3.8, 4) is 5.88 Å². The van der Waals surface area contributed by atoms with Crippen LogP contribution in [0.5, 0.6) is 5.88 Å². The molecule has 124 valence electrons. The van der Waals surface area contributed by atoms with Gasteiger partial charge in [0.2, 0.25) is 5.88 Å². The first kappa shape index (κ1) is 16.5. The summed E-state index contributed by atoms with van der Waals surface area (Å²) >= 11 is 0. The van der Waals surface area contributed by atoms with Crippen molar-refractivity contribution < 1.29 is 24.2 Å². The number of amides is 1. The van der Waals surface area contributed by atoms with Crippen LogP contribution >= 0.6 is 0 Å². The molecule has 0 radical (unpaired) electrons. The Labute approximate surface area is 132 Å². The van der Waals surface area contributed by atoms with E-state index in [2.05, 4.69) is 15.4 Å². The Morgan fingerprint density at radius 2 is 2.00 bits per heavy atom. The number of aryl methyl sites for hydroxylation is 1. The second-order valence-electron chi connectivity index (χ2n) is 5.86. The van der Waals surface area contributed by atoms with Crippen molar-refractivity contribution in [2.75, 3.05) is 12.4 Å². The van der Waals surface area contributed by atoms with Gasteiger partial charge in [-0.2, -0.15) is 4.98 Å². The van der Waals surface area contributed by atoms with Gasteiger partial charge in [-0.3, -0.25) is 5.32 Å². The molecule has 0 fully saturated rings. The molecule has 1 amide bonds. The molecule has 0 bridgehead atoms. The highest BCUT2D eigenvalue weighted by Crippen LogP contribution is 2.24. The predicted molar refractivity (Wildman–Crippen MR) is 81.1 cm³/mol. The van der Waals surface area contributed by atoms with Crippen LogP contribution in [0.2, 0.25) is 0 Å². The summed E-state index contributed by atoms with van der Waals surface area (Å²) in [5.41, 5.74) is -0.228. The Morgan fingerprint density at radius 3 is 2.52 bits per heavy atom. The van der Waals surface area contributed by atoms with Gasteiger partial charge in [0, 0.05) is 11.8 Å². The van der Waals surface area contributed by atoms with E-state index < -0.39 is 17.7 Å². The zero-order valence-corrected chi connectivity index (χ0v) is 13.5. The molecular weight excluding hydrogens is 304 g/mol. The molecular formula is C14H18N4O5. The van der Waals surface area contributed by atoms with Gasteiger partial charge < -0.3 is 14.6 Å². The van der Waals surface area contributed by atoms with Gasteiger partial charge in [0.1, 0.15) is 11.2 Å². The van der Waals surface area contributed by atoms with Crippen molar-refractivity contribution in [3.63, 3.8) is 0 Å². The smallest absolute Gasteiger partial charge is 0.413 e. The normalized spacial score (nSPS) is 11.3. The lowest BCUT2D eigenvalue weighted by molar-refractivity contribution is 0.0635. The van der Waals surface area contributed by atoms with Gasteiger partial charge in [0.25, 0.3) is 0 Å². The molecule has 23 heavy (non-hydrogen) atoms. The monoisotopic (exact) mass is 322 g/mol. The molecule has 0 aliphatic heterocycles. The first-order valence-electron chi connectivity index (χ1n) is 6.79. The van der Waals surface area contributed by atoms with E-state index in [1.165, 1.54) is 11.6 Å². The number of carbonyl (C=O) groups excluding carboxylic acids is 1. The van der Waals surface area contributed by atoms with Crippen molar-refractivity contribution in [1.82, 2.24) is 14.6 Å². The Bertz CT molecular complexity index is 776. The van der Waals surface area contributed by atoms with Crippen LogP contribution in [-0.4, -0.2) is 44.5 Å². The quantitative estimate of drug-likeness (QED) is 0.889. The molecule has 0 saturated heterocycles. The van der Waals surface area contributed by atoms with E-state index in [9.17, 15) is 14.7 Å². The minimum atomic E-state index is -1.27. The maximum atomic E-state index is 11.8. The fraction of sp³-hybridized carbons (Fsp3) is 0.429. The summed E-state index contributed by atoms with van der Waals surface area (Å²) in [5, 5.41) is 15.8. The van der Waals surface area contributed by atoms with Crippen molar-refractivity contribution in [2.24, 2.45) is 0 Å². The lowest BCUT2D eigenvalue weighted by Gasteiger charge is -2.19. The number of nitrogens with zero attached hydrogens (tertiary/aromatic N) is 3. The Hall–Kier alpha value is -2.84. The highest BCUT2D eigenvalue weighted by atomic mass is 16.6. The number of aromatic carboxylic acids is 1. The fourth-order valence-corrected chi connectivity index (χ4v) is 1.94. The summed E-state index contributed by atoms with van der Waals surface area (Å²) in [6, 6.07) is 0. The number of anilines is 1. The number of hydrogen-bond acceptors (Lipinski definition) is 6. The van der Waals surface area contributed by atoms with E-state index in [-0.39, 0.29) is 22.9 Å². The number of carboxylic acids is 1. The van der Waals surface area contributed by atoms with Crippen LogP contribution in [0.4, 0.5) is 10.6 Å². The summed E-state index contributed by atoms with van der Waals surface area (Å²) in [7, 11) is 1.43. The van der Waals surface area contributed by atoms with E-state index in [0.29, 0.717) is 5.56 Å². The second kappa shape index (κ2) is 5.75. The molecule has 0 spiro atoms. The minimum absolute atomic E-state index is 0.0611. The highest BCUT2D eigenvalue weighted by Gasteiger charge is 2.25. The number of carboxylic acid groups (broad SMARTS) is 1. The number of fused-ring (bicyclic) bond motifs is 1. The van der Waals surface area contributed by atoms with Gasteiger partial charge in [0.15, 0.2) is 11.5 Å². The molecule has 0 aliphatic rings. The van der Waals surface area contributed by atoms with Gasteiger partial charge in [-0.15, -0.1) is 5.10 Å². The number of hydrogen-bond donors (Lipinski definition) is 2. The summed E-state index contributed by atoms with van der Waals surface area (Å²) in [6.45, 7) is 6.84. The van der Waals surface area contributed by atoms with Gasteiger partial charge in [0.05, 0.1) is 7.11 Å². The maximum absolute atomic E-state index is 11.8. The topological polar surface area (TPSA) is 115 Å². The number of methoxy groups -OCH3 is 1. The van der Waals surface area contributed by atoms with Crippen molar-refractivity contribution in [3.05, 3.63) is 17.3 Å². The number of nitrogens with one attached hydrogen (secondary N) is 1. The number of aromatic nitrogens is 3. The van der Waals surface area contributed by atoms with Gasteiger partial charge in [-0.1, -0.05) is 0 Å². The Kier molecular flexibility index (Phi) is 4.13. The zero-order chi connectivity index (χ0) is 17.4. The van der Waals surface area contributed by atoms with Crippen LogP contribution in [0.3, 0.4) is 0 Å². The molecule has 0 atom stereocenters. The molecule has 2 aromatic heterocycles. The number of carbonyl (C=O) groups is 2. The van der Waals surface area contributed by atoms with E-state index in [4.69, 9.17) is 9.47 Å². The fourth-order valence-electron chi connectivity index (χ4n) is 1.94. The Morgan fingerprint density at radius 1 is 1.35 bits per heavy atom. The molecule has 2 N–H and O–H groups in total. The third kappa shape index (κ3) is 3.50. The molecule has 9 nitrogen and oxygen atoms in total. The van der Waals surface area contributed by atoms with Gasteiger partial charge in [-0.25, -0.2) is 14.1 Å². The first-order valence-corrected chi connectivity index (χ1v) is 6.79. The zero-order valence-electron chi connectivity index (χ0n) is 13.5. The lowest BCUT2D eigenvalue weighted by atomic mass is 10.2. The molecule has 0 saturated carbocycles. The van der Waals surface area contributed by atoms with E-state index in [1.54, 1.807) is 33.9 Å². The van der Waals surface area contributed by atoms with E-state index in [1.807, 2.05) is 0 Å². The highest BCUT2D eigenvalue weighted by molar-refractivity contribution is 6.03. The summed E-state index contributed by atoms with van der Waals surface area (Å²) < 4.78 is 11.5. The van der Waals surface area contributed by atoms with Crippen LogP contribution in [0, 0.1) is 6.92 Å². The lowest BCUT2D eigenvalue weighted by Crippen LogP contribution is -2.27. The van der Waals surface area contributed by atoms with Crippen LogP contribution in [0.25, 0.3) is 5.65 Å². The van der Waals surface area contributed by atoms with E-state index >= 15 is 0 Å². The summed E-state index contributed by atoms with van der Waals surface area (Å²) in [4.78, 5) is 27.5. The minimum Gasteiger partial charge on any atom is -0.481 e. The van der Waals surface area contributed by atoms with Crippen molar-refractivity contribution in [1.29, 1.82) is 0 Å². The third-order valence-electron chi connectivity index (χ3n) is 2.77. The summed E-state index contributed by atoms with van der Waals surface area (Å²) in [5.74, 6) is -1.14. The summed E-state index contributed by atoms with van der Waals surface area (Å²) in [6.07, 6.45) is 0.764. The standard InChI is InChI=1S/C14H18N4O5/c1-7-6-18-10(16-11(7)22-5)8(12(19)20)9(17-18)15-13(21)23-14(2,3)4/h6H,1-5H3,(H,19,20)(H,15,17,21). The van der Waals surface area contributed by atoms with Crippen LogP contribution in [0.1, 0.15) is 36.7 Å². The van der Waals surface area contributed by atoms with Gasteiger partial charge in [-0.05, 0) is 27.7 Å². The third-order valence-corrected chi connectivity index (χ3v) is 2.77. The van der Waals surface area contributed by atoms with Crippen molar-refractivity contribution in [2.45, 2.75) is 33.3 Å². The SMILES string of the molecule is COc1nc2c(C(=O)O)c(NC(=O)OC(C)(C)C)nn2cc1C. The largest absolute Gasteiger partial charge is 0.481 e. The van der Waals surface area contributed by atoms with Crippen LogP contribution in [-0.2, 0) is 4.74 Å². The average Bonchev–Trinajstić information content (AvgIpc) is 2.71. The Balaban J connectivity index is 2.49. The van der Waals surface area contributed by atoms with Gasteiger partial charge >= 0.3 is 12.1 Å². The number of rotatable bonds is 3. The predicted octanol–water partition coefficient (Wildman–Crippen LogP) is 2.09.